The van der Waals surface area contributed by atoms with E-state index in [-0.39, 0.29) is 32.7 Å². The number of benzene rings is 1. The van der Waals surface area contributed by atoms with E-state index >= 15 is 0 Å². The smallest absolute Gasteiger partial charge is 0 e. The summed E-state index contributed by atoms with van der Waals surface area (Å²) >= 11 is 0. The third-order valence-corrected chi connectivity index (χ3v) is 1.28. The molecule has 1 N–H and O–H groups in total. The molecule has 1 aromatic rings. The zero-order valence-electron chi connectivity index (χ0n) is 7.04. The van der Waals surface area contributed by atoms with Crippen LogP contribution in [0.15, 0.2) is 29.3 Å². The van der Waals surface area contributed by atoms with E-state index in [9.17, 15) is 0 Å². The van der Waals surface area contributed by atoms with Crippen LogP contribution in [-0.2, 0) is 32.7 Å². The Morgan fingerprint density at radius 1 is 1.42 bits per heavy atom. The minimum absolute atomic E-state index is 0. The van der Waals surface area contributed by atoms with Gasteiger partial charge in [-0.25, -0.2) is 6.92 Å². The van der Waals surface area contributed by atoms with Crippen LogP contribution in [0.3, 0.4) is 0 Å². The Morgan fingerprint density at radius 2 is 2.08 bits per heavy atom. The molecule has 0 aliphatic carbocycles. The van der Waals surface area contributed by atoms with E-state index in [2.05, 4.69) is 23.6 Å². The molecule has 1 aromatic carbocycles. The normalized spacial score (nSPS) is 9.42. The first-order valence-electron chi connectivity index (χ1n) is 3.38. The first-order chi connectivity index (χ1) is 5.34. The van der Waals surface area contributed by atoms with Crippen LogP contribution in [0.4, 0.5) is 5.69 Å². The van der Waals surface area contributed by atoms with E-state index in [4.69, 9.17) is 0 Å². The standard InChI is InChI=1S/C9H10N2.Y/c1-8-5-3-4-6-9(8)11-7-10-2;/h3-6H,1H2,2H3,(H,10,11);/q-2;. The molecule has 3 heteroatoms. The topological polar surface area (TPSA) is 24.4 Å². The van der Waals surface area contributed by atoms with Gasteiger partial charge < -0.3 is 10.3 Å². The van der Waals surface area contributed by atoms with Gasteiger partial charge >= 0.3 is 0 Å². The van der Waals surface area contributed by atoms with E-state index in [0.717, 1.165) is 11.3 Å². The second-order valence-electron chi connectivity index (χ2n) is 2.10. The van der Waals surface area contributed by atoms with Crippen molar-refractivity contribution < 1.29 is 32.7 Å². The summed E-state index contributed by atoms with van der Waals surface area (Å²) < 4.78 is 0. The van der Waals surface area contributed by atoms with E-state index in [1.165, 1.54) is 0 Å². The van der Waals surface area contributed by atoms with E-state index in [0.29, 0.717) is 0 Å². The second-order valence-corrected chi connectivity index (χ2v) is 2.10. The number of nitrogens with one attached hydrogen (secondary N) is 1. The Balaban J connectivity index is 0.00000121. The monoisotopic (exact) mass is 235 g/mol. The summed E-state index contributed by atoms with van der Waals surface area (Å²) in [5.74, 6) is 0. The Morgan fingerprint density at radius 3 is 2.67 bits per heavy atom. The molecule has 0 aromatic heterocycles. The van der Waals surface area contributed by atoms with Crippen molar-refractivity contribution in [2.24, 2.45) is 4.99 Å². The van der Waals surface area contributed by atoms with Crippen molar-refractivity contribution in [3.8, 4) is 0 Å². The number of rotatable bonds is 2. The first-order valence-corrected chi connectivity index (χ1v) is 3.38. The van der Waals surface area contributed by atoms with Gasteiger partial charge in [0.15, 0.2) is 0 Å². The molecule has 0 bridgehead atoms. The fourth-order valence-electron chi connectivity index (χ4n) is 0.736. The predicted molar refractivity (Wildman–Crippen MR) is 47.1 cm³/mol. The van der Waals surface area contributed by atoms with Crippen LogP contribution in [0.5, 0.6) is 0 Å². The largest absolute Gasteiger partial charge is 0.462 e. The predicted octanol–water partition coefficient (Wildman–Crippen LogP) is 1.62. The molecule has 0 spiro atoms. The number of para-hydroxylation sites is 1. The first kappa shape index (κ1) is 11.7. The van der Waals surface area contributed by atoms with Gasteiger partial charge in [0, 0.05) is 32.7 Å². The Labute approximate surface area is 98.4 Å². The molecule has 0 fully saturated rings. The molecule has 61 valence electrons. The average molecular weight is 235 g/mol. The quantitative estimate of drug-likeness (QED) is 0.358. The molecule has 0 aliphatic rings. The van der Waals surface area contributed by atoms with Crippen molar-refractivity contribution in [3.05, 3.63) is 36.8 Å². The van der Waals surface area contributed by atoms with E-state index in [1.807, 2.05) is 24.3 Å². The van der Waals surface area contributed by atoms with Gasteiger partial charge in [0.05, 0.1) is 0 Å². The summed E-state index contributed by atoms with van der Waals surface area (Å²) in [5.41, 5.74) is 1.76. The van der Waals surface area contributed by atoms with Crippen LogP contribution < -0.4 is 5.32 Å². The summed E-state index contributed by atoms with van der Waals surface area (Å²) in [6.45, 7) is 3.81. The van der Waals surface area contributed by atoms with Crippen LogP contribution in [0.2, 0.25) is 0 Å². The number of nitrogens with zero attached hydrogens (tertiary/aromatic N) is 1. The van der Waals surface area contributed by atoms with Gasteiger partial charge in [-0.1, -0.05) is 12.4 Å². The van der Waals surface area contributed by atoms with Gasteiger partial charge in [-0.15, -0.1) is 17.8 Å². The van der Waals surface area contributed by atoms with Crippen molar-refractivity contribution in [2.75, 3.05) is 7.05 Å². The molecular formula is C9H10N2Y-2. The summed E-state index contributed by atoms with van der Waals surface area (Å²) in [6.07, 6.45) is 2.64. The molecule has 0 aliphatic heterocycles. The number of aliphatic imine (C=N–C) groups is 1. The van der Waals surface area contributed by atoms with E-state index < -0.39 is 0 Å². The van der Waals surface area contributed by atoms with Crippen molar-refractivity contribution >= 4 is 12.0 Å². The second kappa shape index (κ2) is 6.21. The molecule has 0 amide bonds. The van der Waals surface area contributed by atoms with Gasteiger partial charge in [-0.05, 0) is 7.05 Å². The maximum atomic E-state index is 4.00. The van der Waals surface area contributed by atoms with Crippen molar-refractivity contribution in [3.63, 3.8) is 0 Å². The average Bonchev–Trinajstić information content (AvgIpc) is 2.03. The molecule has 0 saturated carbocycles. The van der Waals surface area contributed by atoms with Crippen LogP contribution in [0, 0.1) is 6.92 Å². The Bertz CT molecular complexity index is 258. The molecular weight excluding hydrogens is 225 g/mol. The van der Waals surface area contributed by atoms with Crippen molar-refractivity contribution in [1.82, 2.24) is 5.32 Å². The fourth-order valence-corrected chi connectivity index (χ4v) is 0.736. The maximum absolute atomic E-state index is 4.00. The van der Waals surface area contributed by atoms with Gasteiger partial charge in [-0.3, -0.25) is 0 Å². The molecule has 0 unspecified atom stereocenters. The Hall–Kier alpha value is -0.336. The van der Waals surface area contributed by atoms with Crippen molar-refractivity contribution in [2.45, 2.75) is 0 Å². The van der Waals surface area contributed by atoms with Crippen LogP contribution >= 0.6 is 0 Å². The number of hydrogen-bond acceptors (Lipinski definition) is 1. The van der Waals surface area contributed by atoms with Crippen LogP contribution in [0.25, 0.3) is 0 Å². The summed E-state index contributed by atoms with van der Waals surface area (Å²) in [7, 11) is 1.76. The molecule has 0 saturated heterocycles. The molecule has 0 atom stereocenters. The SMILES string of the molecule is [CH2-]c1ccccc1N=[C-]NC.[Y]. The third-order valence-electron chi connectivity index (χ3n) is 1.28. The molecule has 1 rings (SSSR count). The molecule has 0 heterocycles. The van der Waals surface area contributed by atoms with Crippen LogP contribution in [-0.4, -0.2) is 13.4 Å². The maximum Gasteiger partial charge on any atom is 0 e. The fraction of sp³-hybridized carbons (Fsp3) is 0.111. The van der Waals surface area contributed by atoms with Gasteiger partial charge in [-0.2, -0.15) is 11.6 Å². The zero-order chi connectivity index (χ0) is 8.10. The van der Waals surface area contributed by atoms with Crippen molar-refractivity contribution in [1.29, 1.82) is 0 Å². The van der Waals surface area contributed by atoms with E-state index in [1.54, 1.807) is 7.05 Å². The molecule has 12 heavy (non-hydrogen) atoms. The van der Waals surface area contributed by atoms with Gasteiger partial charge in [0.2, 0.25) is 0 Å². The minimum atomic E-state index is 0. The molecule has 2 nitrogen and oxygen atoms in total. The molecule has 1 radical (unpaired) electrons. The zero-order valence-corrected chi connectivity index (χ0v) is 9.88. The summed E-state index contributed by atoms with van der Waals surface area (Å²) in [4.78, 5) is 4.00. The Kier molecular flexibility index (Phi) is 6.04. The summed E-state index contributed by atoms with van der Waals surface area (Å²) in [5, 5.41) is 2.70. The summed E-state index contributed by atoms with van der Waals surface area (Å²) in [6, 6.07) is 7.66. The number of hydrogen-bond donors (Lipinski definition) is 1. The van der Waals surface area contributed by atoms with Gasteiger partial charge in [0.25, 0.3) is 0 Å². The third kappa shape index (κ3) is 3.37. The van der Waals surface area contributed by atoms with Gasteiger partial charge in [0.1, 0.15) is 0 Å². The minimum Gasteiger partial charge on any atom is -0.462 e. The van der Waals surface area contributed by atoms with Crippen LogP contribution in [0.1, 0.15) is 5.56 Å².